The molecule has 1 fully saturated rings. The number of anilines is 1. The first-order chi connectivity index (χ1) is 10.5. The number of hydrogen-bond acceptors (Lipinski definition) is 4. The van der Waals surface area contributed by atoms with Crippen LogP contribution in [0.5, 0.6) is 0 Å². The normalized spacial score (nSPS) is 16.6. The maximum atomic E-state index is 13.1. The molecular formula is C15H16F3N3O. The smallest absolute Gasteiger partial charge is 0.433 e. The van der Waals surface area contributed by atoms with Crippen molar-refractivity contribution in [1.82, 2.24) is 9.97 Å². The predicted molar refractivity (Wildman–Crippen MR) is 75.4 cm³/mol. The minimum atomic E-state index is -4.51. The molecule has 0 amide bonds. The standard InChI is InChI=1S/C15H16F3N3O/c16-15(17,18)13-10-11(12-6-5-9-22-12)19-14(20-13)21-7-3-1-2-4-8-21/h5-6,9-10H,1-4,7-8H2. The monoisotopic (exact) mass is 311 g/mol. The number of nitrogens with zero attached hydrogens (tertiary/aromatic N) is 3. The van der Waals surface area contributed by atoms with E-state index in [1.165, 1.54) is 6.26 Å². The molecule has 0 aliphatic carbocycles. The lowest BCUT2D eigenvalue weighted by atomic mass is 10.2. The van der Waals surface area contributed by atoms with Crippen LogP contribution >= 0.6 is 0 Å². The van der Waals surface area contributed by atoms with Gasteiger partial charge < -0.3 is 9.32 Å². The van der Waals surface area contributed by atoms with Gasteiger partial charge in [0, 0.05) is 13.1 Å². The van der Waals surface area contributed by atoms with Gasteiger partial charge >= 0.3 is 6.18 Å². The zero-order valence-corrected chi connectivity index (χ0v) is 11.9. The van der Waals surface area contributed by atoms with E-state index in [0.29, 0.717) is 18.8 Å². The van der Waals surface area contributed by atoms with E-state index >= 15 is 0 Å². The largest absolute Gasteiger partial charge is 0.463 e. The molecule has 0 radical (unpaired) electrons. The Morgan fingerprint density at radius 3 is 2.36 bits per heavy atom. The highest BCUT2D eigenvalue weighted by Crippen LogP contribution is 2.32. The predicted octanol–water partition coefficient (Wildman–Crippen LogP) is 4.14. The second kappa shape index (κ2) is 5.98. The Kier molecular flexibility index (Phi) is 4.04. The summed E-state index contributed by atoms with van der Waals surface area (Å²) in [5.41, 5.74) is -0.778. The van der Waals surface area contributed by atoms with E-state index in [-0.39, 0.29) is 11.6 Å². The van der Waals surface area contributed by atoms with Gasteiger partial charge in [0.05, 0.1) is 6.26 Å². The zero-order valence-electron chi connectivity index (χ0n) is 11.9. The van der Waals surface area contributed by atoms with Crippen LogP contribution < -0.4 is 4.90 Å². The first-order valence-corrected chi connectivity index (χ1v) is 7.29. The minimum Gasteiger partial charge on any atom is -0.463 e. The Bertz CT molecular complexity index is 617. The molecule has 2 aromatic rings. The van der Waals surface area contributed by atoms with Crippen LogP contribution in [0.15, 0.2) is 28.9 Å². The van der Waals surface area contributed by atoms with Crippen molar-refractivity contribution in [1.29, 1.82) is 0 Å². The van der Waals surface area contributed by atoms with E-state index in [1.807, 2.05) is 4.90 Å². The van der Waals surface area contributed by atoms with E-state index in [9.17, 15) is 13.2 Å². The Morgan fingerprint density at radius 2 is 1.77 bits per heavy atom. The van der Waals surface area contributed by atoms with Gasteiger partial charge in [-0.3, -0.25) is 0 Å². The lowest BCUT2D eigenvalue weighted by Gasteiger charge is -2.21. The van der Waals surface area contributed by atoms with Crippen molar-refractivity contribution in [3.63, 3.8) is 0 Å². The molecule has 0 N–H and O–H groups in total. The minimum absolute atomic E-state index is 0.128. The summed E-state index contributed by atoms with van der Waals surface area (Å²) in [4.78, 5) is 9.83. The number of alkyl halides is 3. The van der Waals surface area contributed by atoms with Crippen molar-refractivity contribution < 1.29 is 17.6 Å². The summed E-state index contributed by atoms with van der Waals surface area (Å²) in [6, 6.07) is 4.14. The van der Waals surface area contributed by atoms with Crippen LogP contribution in [0.4, 0.5) is 19.1 Å². The average Bonchev–Trinajstić information content (AvgIpc) is 2.88. The zero-order chi connectivity index (χ0) is 15.6. The molecule has 22 heavy (non-hydrogen) atoms. The average molecular weight is 311 g/mol. The van der Waals surface area contributed by atoms with Gasteiger partial charge in [-0.25, -0.2) is 9.97 Å². The van der Waals surface area contributed by atoms with Crippen molar-refractivity contribution in [3.8, 4) is 11.5 Å². The van der Waals surface area contributed by atoms with Gasteiger partial charge in [-0.1, -0.05) is 12.8 Å². The Hall–Kier alpha value is -2.05. The van der Waals surface area contributed by atoms with Gasteiger partial charge in [-0.2, -0.15) is 13.2 Å². The lowest BCUT2D eigenvalue weighted by molar-refractivity contribution is -0.141. The number of hydrogen-bond donors (Lipinski definition) is 0. The third-order valence-electron chi connectivity index (χ3n) is 3.67. The molecule has 3 heterocycles. The summed E-state index contributed by atoms with van der Waals surface area (Å²) in [6.45, 7) is 1.36. The highest BCUT2D eigenvalue weighted by molar-refractivity contribution is 5.55. The summed E-state index contributed by atoms with van der Waals surface area (Å²) in [5, 5.41) is 0. The molecule has 3 rings (SSSR count). The summed E-state index contributed by atoms with van der Waals surface area (Å²) in [7, 11) is 0. The van der Waals surface area contributed by atoms with Crippen molar-refractivity contribution >= 4 is 5.95 Å². The third kappa shape index (κ3) is 3.23. The van der Waals surface area contributed by atoms with Crippen molar-refractivity contribution in [2.24, 2.45) is 0 Å². The first kappa shape index (κ1) is 14.9. The van der Waals surface area contributed by atoms with Crippen LogP contribution in [0.25, 0.3) is 11.5 Å². The number of aromatic nitrogens is 2. The molecule has 0 bridgehead atoms. The quantitative estimate of drug-likeness (QED) is 0.836. The molecule has 4 nitrogen and oxygen atoms in total. The van der Waals surface area contributed by atoms with Gasteiger partial charge in [-0.05, 0) is 31.0 Å². The first-order valence-electron chi connectivity index (χ1n) is 7.29. The summed E-state index contributed by atoms with van der Waals surface area (Å²) < 4.78 is 44.5. The van der Waals surface area contributed by atoms with Gasteiger partial charge in [0.2, 0.25) is 5.95 Å². The van der Waals surface area contributed by atoms with Gasteiger partial charge in [-0.15, -0.1) is 0 Å². The van der Waals surface area contributed by atoms with Crippen LogP contribution in [0.3, 0.4) is 0 Å². The molecule has 0 atom stereocenters. The fraction of sp³-hybridized carbons (Fsp3) is 0.467. The van der Waals surface area contributed by atoms with Crippen LogP contribution in [-0.2, 0) is 6.18 Å². The molecule has 7 heteroatoms. The molecule has 1 aliphatic heterocycles. The van der Waals surface area contributed by atoms with Crippen molar-refractivity contribution in [3.05, 3.63) is 30.2 Å². The second-order valence-electron chi connectivity index (χ2n) is 5.31. The van der Waals surface area contributed by atoms with Crippen molar-refractivity contribution in [2.45, 2.75) is 31.9 Å². The topological polar surface area (TPSA) is 42.2 Å². The van der Waals surface area contributed by atoms with Crippen LogP contribution in [0.1, 0.15) is 31.4 Å². The van der Waals surface area contributed by atoms with Crippen LogP contribution in [-0.4, -0.2) is 23.1 Å². The number of furan rings is 1. The fourth-order valence-electron chi connectivity index (χ4n) is 2.54. The fourth-order valence-corrected chi connectivity index (χ4v) is 2.54. The van der Waals surface area contributed by atoms with E-state index in [1.54, 1.807) is 12.1 Å². The molecule has 0 aromatic carbocycles. The molecule has 118 valence electrons. The summed E-state index contributed by atoms with van der Waals surface area (Å²) >= 11 is 0. The number of rotatable bonds is 2. The number of halogens is 3. The van der Waals surface area contributed by atoms with E-state index in [0.717, 1.165) is 31.7 Å². The maximum Gasteiger partial charge on any atom is 0.433 e. The Balaban J connectivity index is 2.03. The van der Waals surface area contributed by atoms with Gasteiger partial charge in [0.15, 0.2) is 11.5 Å². The van der Waals surface area contributed by atoms with E-state index in [4.69, 9.17) is 4.42 Å². The Labute approximate surface area is 126 Å². The maximum absolute atomic E-state index is 13.1. The van der Waals surface area contributed by atoms with Crippen molar-refractivity contribution in [2.75, 3.05) is 18.0 Å². The van der Waals surface area contributed by atoms with Crippen LogP contribution in [0.2, 0.25) is 0 Å². The molecule has 0 unspecified atom stereocenters. The second-order valence-corrected chi connectivity index (χ2v) is 5.31. The third-order valence-corrected chi connectivity index (χ3v) is 3.67. The SMILES string of the molecule is FC(F)(F)c1cc(-c2ccco2)nc(N2CCCCCC2)n1. The highest BCUT2D eigenvalue weighted by Gasteiger charge is 2.34. The molecular weight excluding hydrogens is 295 g/mol. The molecule has 0 spiro atoms. The summed E-state index contributed by atoms with van der Waals surface area (Å²) in [6.07, 6.45) is 0.952. The molecule has 1 saturated heterocycles. The van der Waals surface area contributed by atoms with E-state index in [2.05, 4.69) is 9.97 Å². The highest BCUT2D eigenvalue weighted by atomic mass is 19.4. The lowest BCUT2D eigenvalue weighted by Crippen LogP contribution is -2.27. The Morgan fingerprint density at radius 1 is 1.05 bits per heavy atom. The molecule has 1 aliphatic rings. The van der Waals surface area contributed by atoms with Crippen LogP contribution in [0, 0.1) is 0 Å². The summed E-state index contributed by atoms with van der Waals surface area (Å²) in [5.74, 6) is 0.437. The molecule has 2 aromatic heterocycles. The molecule has 0 saturated carbocycles. The van der Waals surface area contributed by atoms with Gasteiger partial charge in [0.25, 0.3) is 0 Å². The van der Waals surface area contributed by atoms with Gasteiger partial charge in [0.1, 0.15) is 5.69 Å². The van der Waals surface area contributed by atoms with E-state index < -0.39 is 11.9 Å².